The molecule has 0 bridgehead atoms. The van der Waals surface area contributed by atoms with Gasteiger partial charge in [0.25, 0.3) is 0 Å². The summed E-state index contributed by atoms with van der Waals surface area (Å²) in [5.41, 5.74) is 8.70. The van der Waals surface area contributed by atoms with Gasteiger partial charge in [-0.1, -0.05) is 39.0 Å². The zero-order chi connectivity index (χ0) is 15.3. The molecule has 1 atom stereocenters. The molecule has 3 N–H and O–H groups in total. The van der Waals surface area contributed by atoms with E-state index in [1.165, 1.54) is 22.3 Å². The third-order valence-corrected chi connectivity index (χ3v) is 3.97. The molecule has 0 heterocycles. The predicted octanol–water partition coefficient (Wildman–Crippen LogP) is 3.94. The fourth-order valence-corrected chi connectivity index (χ4v) is 2.56. The van der Waals surface area contributed by atoms with E-state index in [2.05, 4.69) is 58.8 Å². The molecule has 1 aromatic carbocycles. The number of nitrogens with two attached hydrogens (primary N) is 1. The minimum absolute atomic E-state index is 0.197. The fourth-order valence-electron chi connectivity index (χ4n) is 2.56. The number of rotatable bonds is 6. The van der Waals surface area contributed by atoms with Crippen LogP contribution >= 0.6 is 0 Å². The lowest BCUT2D eigenvalue weighted by atomic mass is 9.82. The Balaban J connectivity index is 2.99. The number of allylic oxidation sites excluding steroid dienone is 1. The van der Waals surface area contributed by atoms with E-state index < -0.39 is 0 Å². The van der Waals surface area contributed by atoms with Gasteiger partial charge in [-0.15, -0.1) is 6.58 Å². The van der Waals surface area contributed by atoms with Crippen LogP contribution in [0.4, 0.5) is 0 Å². The summed E-state index contributed by atoms with van der Waals surface area (Å²) in [6, 6.07) is 4.96. The number of benzene rings is 1. The topological polar surface area (TPSA) is 38.0 Å². The van der Waals surface area contributed by atoms with Crippen molar-refractivity contribution in [3.8, 4) is 0 Å². The highest BCUT2D eigenvalue weighted by Crippen LogP contribution is 2.27. The van der Waals surface area contributed by atoms with Gasteiger partial charge in [-0.2, -0.15) is 0 Å². The second kappa shape index (κ2) is 7.05. The lowest BCUT2D eigenvalue weighted by Crippen LogP contribution is -2.37. The summed E-state index contributed by atoms with van der Waals surface area (Å²) >= 11 is 0. The van der Waals surface area contributed by atoms with Crippen LogP contribution < -0.4 is 11.3 Å². The van der Waals surface area contributed by atoms with Gasteiger partial charge in [0.05, 0.1) is 0 Å². The maximum Gasteiger partial charge on any atom is 0.0254 e. The maximum absolute atomic E-state index is 5.68. The number of nitrogens with one attached hydrogen (secondary N) is 1. The quantitative estimate of drug-likeness (QED) is 0.468. The van der Waals surface area contributed by atoms with E-state index in [0.29, 0.717) is 6.04 Å². The van der Waals surface area contributed by atoms with Crippen LogP contribution in [0.2, 0.25) is 0 Å². The van der Waals surface area contributed by atoms with Gasteiger partial charge in [0.2, 0.25) is 0 Å². The van der Waals surface area contributed by atoms with Gasteiger partial charge in [0.1, 0.15) is 0 Å². The molecule has 0 saturated heterocycles. The molecule has 0 amide bonds. The van der Waals surface area contributed by atoms with E-state index >= 15 is 0 Å². The second-order valence-corrected chi connectivity index (χ2v) is 6.77. The van der Waals surface area contributed by atoms with Crippen LogP contribution in [0.15, 0.2) is 24.8 Å². The normalized spacial score (nSPS) is 13.3. The zero-order valence-electron chi connectivity index (χ0n) is 13.7. The van der Waals surface area contributed by atoms with E-state index in [1.54, 1.807) is 0 Å². The molecule has 20 heavy (non-hydrogen) atoms. The van der Waals surface area contributed by atoms with Crippen LogP contribution in [0, 0.1) is 13.8 Å². The van der Waals surface area contributed by atoms with Crippen molar-refractivity contribution in [2.24, 2.45) is 5.84 Å². The Morgan fingerprint density at radius 3 is 2.20 bits per heavy atom. The van der Waals surface area contributed by atoms with Gasteiger partial charge in [0.15, 0.2) is 0 Å². The second-order valence-electron chi connectivity index (χ2n) is 6.77. The number of hydrogen-bond donors (Lipinski definition) is 2. The summed E-state index contributed by atoms with van der Waals surface area (Å²) < 4.78 is 0. The third-order valence-electron chi connectivity index (χ3n) is 3.97. The Hall–Kier alpha value is -1.12. The largest absolute Gasteiger partial charge is 0.271 e. The van der Waals surface area contributed by atoms with E-state index in [4.69, 9.17) is 5.84 Å². The van der Waals surface area contributed by atoms with Crippen molar-refractivity contribution in [2.75, 3.05) is 0 Å². The van der Waals surface area contributed by atoms with Gasteiger partial charge in [-0.05, 0) is 60.8 Å². The minimum atomic E-state index is 0.197. The molecule has 0 fully saturated rings. The highest BCUT2D eigenvalue weighted by molar-refractivity contribution is 5.40. The first-order valence-corrected chi connectivity index (χ1v) is 7.47. The summed E-state index contributed by atoms with van der Waals surface area (Å²) in [5.74, 6) is 5.68. The summed E-state index contributed by atoms with van der Waals surface area (Å²) in [6.45, 7) is 15.0. The molecule has 0 aliphatic carbocycles. The van der Waals surface area contributed by atoms with Crippen molar-refractivity contribution in [2.45, 2.75) is 65.3 Å². The van der Waals surface area contributed by atoms with Crippen LogP contribution in [0.5, 0.6) is 0 Å². The summed E-state index contributed by atoms with van der Waals surface area (Å²) in [5, 5.41) is 0. The van der Waals surface area contributed by atoms with Crippen molar-refractivity contribution in [3.63, 3.8) is 0 Å². The molecule has 0 aromatic heterocycles. The maximum atomic E-state index is 5.68. The van der Waals surface area contributed by atoms with Crippen molar-refractivity contribution >= 4 is 0 Å². The van der Waals surface area contributed by atoms with Crippen LogP contribution in [0.25, 0.3) is 0 Å². The number of aryl methyl sites for hydroxylation is 2. The van der Waals surface area contributed by atoms with Gasteiger partial charge < -0.3 is 0 Å². The highest BCUT2D eigenvalue weighted by atomic mass is 15.2. The Kier molecular flexibility index (Phi) is 5.97. The van der Waals surface area contributed by atoms with Crippen LogP contribution in [0.3, 0.4) is 0 Å². The van der Waals surface area contributed by atoms with Crippen molar-refractivity contribution in [3.05, 3.63) is 47.0 Å². The van der Waals surface area contributed by atoms with Crippen LogP contribution in [-0.2, 0) is 11.8 Å². The number of hydrazine groups is 1. The SMILES string of the molecule is C=CCCC(Cc1c(C)cc(C(C)(C)C)cc1C)NN. The van der Waals surface area contributed by atoms with Crippen molar-refractivity contribution < 1.29 is 0 Å². The van der Waals surface area contributed by atoms with Crippen molar-refractivity contribution in [1.82, 2.24) is 5.43 Å². The van der Waals surface area contributed by atoms with E-state index in [0.717, 1.165) is 19.3 Å². The molecule has 112 valence electrons. The van der Waals surface area contributed by atoms with Gasteiger partial charge in [0, 0.05) is 6.04 Å². The molecule has 0 spiro atoms. The molecule has 2 nitrogen and oxygen atoms in total. The van der Waals surface area contributed by atoms with E-state index in [9.17, 15) is 0 Å². The van der Waals surface area contributed by atoms with Gasteiger partial charge in [-0.3, -0.25) is 11.3 Å². The molecular weight excluding hydrogens is 244 g/mol. The average molecular weight is 274 g/mol. The first kappa shape index (κ1) is 16.9. The molecule has 2 heteroatoms. The Labute approximate surface area is 124 Å². The monoisotopic (exact) mass is 274 g/mol. The Bertz CT molecular complexity index is 432. The number of hydrogen-bond acceptors (Lipinski definition) is 2. The van der Waals surface area contributed by atoms with E-state index in [1.807, 2.05) is 6.08 Å². The molecule has 0 saturated carbocycles. The van der Waals surface area contributed by atoms with Crippen LogP contribution in [-0.4, -0.2) is 6.04 Å². The fraction of sp³-hybridized carbons (Fsp3) is 0.556. The smallest absolute Gasteiger partial charge is 0.0254 e. The third kappa shape index (κ3) is 4.46. The summed E-state index contributed by atoms with van der Waals surface area (Å²) in [4.78, 5) is 0. The lowest BCUT2D eigenvalue weighted by Gasteiger charge is -2.24. The van der Waals surface area contributed by atoms with Gasteiger partial charge in [-0.25, -0.2) is 0 Å². The lowest BCUT2D eigenvalue weighted by molar-refractivity contribution is 0.493. The molecule has 1 rings (SSSR count). The average Bonchev–Trinajstić information content (AvgIpc) is 2.36. The molecule has 0 aliphatic heterocycles. The first-order valence-electron chi connectivity index (χ1n) is 7.47. The van der Waals surface area contributed by atoms with Crippen LogP contribution in [0.1, 0.15) is 55.9 Å². The molecular formula is C18H30N2. The van der Waals surface area contributed by atoms with Crippen molar-refractivity contribution in [1.29, 1.82) is 0 Å². The molecule has 1 aromatic rings. The first-order chi connectivity index (χ1) is 9.29. The molecule has 0 radical (unpaired) electrons. The van der Waals surface area contributed by atoms with Gasteiger partial charge >= 0.3 is 0 Å². The van der Waals surface area contributed by atoms with E-state index in [-0.39, 0.29) is 5.41 Å². The Morgan fingerprint density at radius 1 is 1.25 bits per heavy atom. The molecule has 1 unspecified atom stereocenters. The standard InChI is InChI=1S/C18H30N2/c1-7-8-9-16(20-19)12-17-13(2)10-15(11-14(17)3)18(4,5)6/h7,10-11,16,20H,1,8-9,12,19H2,2-6H3. The summed E-state index contributed by atoms with van der Waals surface area (Å²) in [7, 11) is 0. The summed E-state index contributed by atoms with van der Waals surface area (Å²) in [6.07, 6.45) is 4.95. The highest BCUT2D eigenvalue weighted by Gasteiger charge is 2.17. The zero-order valence-corrected chi connectivity index (χ0v) is 13.7. The predicted molar refractivity (Wildman–Crippen MR) is 88.9 cm³/mol. The molecule has 0 aliphatic rings. The Morgan fingerprint density at radius 2 is 1.80 bits per heavy atom. The minimum Gasteiger partial charge on any atom is -0.271 e.